The van der Waals surface area contributed by atoms with Crippen LogP contribution in [0.25, 0.3) is 0 Å². The monoisotopic (exact) mass is 346 g/mol. The molecule has 4 nitrogen and oxygen atoms in total. The van der Waals surface area contributed by atoms with Crippen LogP contribution in [0.5, 0.6) is 0 Å². The molecule has 5 heteroatoms. The van der Waals surface area contributed by atoms with Gasteiger partial charge in [0.05, 0.1) is 6.10 Å². The number of nitrogens with two attached hydrogens (primary N) is 1. The third-order valence-corrected chi connectivity index (χ3v) is 5.39. The predicted molar refractivity (Wildman–Crippen MR) is 96.8 cm³/mol. The SMILES string of the molecule is CCC(CC1CCCC1)C(=O)N1CCC(OCCCN)CC1.Cl. The summed E-state index contributed by atoms with van der Waals surface area (Å²) in [6, 6.07) is 0. The Morgan fingerprint density at radius 1 is 1.22 bits per heavy atom. The minimum absolute atomic E-state index is 0. The summed E-state index contributed by atoms with van der Waals surface area (Å²) < 4.78 is 5.83. The Morgan fingerprint density at radius 2 is 1.87 bits per heavy atom. The maximum Gasteiger partial charge on any atom is 0.225 e. The van der Waals surface area contributed by atoms with Crippen LogP contribution in [0.2, 0.25) is 0 Å². The van der Waals surface area contributed by atoms with E-state index in [1.807, 2.05) is 0 Å². The van der Waals surface area contributed by atoms with Gasteiger partial charge in [-0.15, -0.1) is 12.4 Å². The second-order valence-corrected chi connectivity index (χ2v) is 7.03. The zero-order valence-corrected chi connectivity index (χ0v) is 15.5. The van der Waals surface area contributed by atoms with Gasteiger partial charge >= 0.3 is 0 Å². The summed E-state index contributed by atoms with van der Waals surface area (Å²) in [5.74, 6) is 1.44. The summed E-state index contributed by atoms with van der Waals surface area (Å²) >= 11 is 0. The average Bonchev–Trinajstić information content (AvgIpc) is 3.06. The molecule has 1 aliphatic carbocycles. The van der Waals surface area contributed by atoms with E-state index in [4.69, 9.17) is 10.5 Å². The number of rotatable bonds is 8. The van der Waals surface area contributed by atoms with Crippen molar-refractivity contribution >= 4 is 18.3 Å². The summed E-state index contributed by atoms with van der Waals surface area (Å²) in [5, 5.41) is 0. The molecule has 2 aliphatic rings. The third-order valence-electron chi connectivity index (χ3n) is 5.39. The average molecular weight is 347 g/mol. The molecular weight excluding hydrogens is 312 g/mol. The van der Waals surface area contributed by atoms with E-state index in [-0.39, 0.29) is 18.3 Å². The fourth-order valence-corrected chi connectivity index (χ4v) is 3.92. The van der Waals surface area contributed by atoms with Crippen LogP contribution >= 0.6 is 12.4 Å². The molecule has 0 aromatic rings. The molecule has 0 radical (unpaired) electrons. The fraction of sp³-hybridized carbons (Fsp3) is 0.944. The Hall–Kier alpha value is -0.320. The zero-order valence-electron chi connectivity index (χ0n) is 14.7. The van der Waals surface area contributed by atoms with E-state index in [1.54, 1.807) is 0 Å². The van der Waals surface area contributed by atoms with Gasteiger partial charge in [0.1, 0.15) is 0 Å². The van der Waals surface area contributed by atoms with Crippen molar-refractivity contribution in [2.75, 3.05) is 26.2 Å². The number of hydrogen-bond donors (Lipinski definition) is 1. The van der Waals surface area contributed by atoms with E-state index < -0.39 is 0 Å². The molecule has 1 heterocycles. The molecule has 1 saturated carbocycles. The first-order valence-corrected chi connectivity index (χ1v) is 9.35. The lowest BCUT2D eigenvalue weighted by Crippen LogP contribution is -2.44. The molecule has 0 aromatic heterocycles. The van der Waals surface area contributed by atoms with Gasteiger partial charge in [0.15, 0.2) is 0 Å². The van der Waals surface area contributed by atoms with E-state index >= 15 is 0 Å². The number of ether oxygens (including phenoxy) is 1. The fourth-order valence-electron chi connectivity index (χ4n) is 3.92. The molecule has 1 aliphatic heterocycles. The van der Waals surface area contributed by atoms with Crippen LogP contribution in [-0.2, 0) is 9.53 Å². The second kappa shape index (κ2) is 11.3. The van der Waals surface area contributed by atoms with E-state index in [0.717, 1.165) is 57.7 Å². The quantitative estimate of drug-likeness (QED) is 0.685. The first kappa shape index (κ1) is 20.7. The van der Waals surface area contributed by atoms with Crippen LogP contribution < -0.4 is 5.73 Å². The van der Waals surface area contributed by atoms with Gasteiger partial charge in [-0.3, -0.25) is 4.79 Å². The van der Waals surface area contributed by atoms with Gasteiger partial charge in [-0.05, 0) is 44.6 Å². The standard InChI is InChI=1S/C18H34N2O2.ClH/c1-2-16(14-15-6-3-4-7-15)18(21)20-11-8-17(9-12-20)22-13-5-10-19;/h15-17H,2-14,19H2,1H3;1H. The van der Waals surface area contributed by atoms with Crippen LogP contribution in [0.15, 0.2) is 0 Å². The molecule has 23 heavy (non-hydrogen) atoms. The highest BCUT2D eigenvalue weighted by molar-refractivity contribution is 5.85. The van der Waals surface area contributed by atoms with Crippen molar-refractivity contribution in [2.24, 2.45) is 17.6 Å². The summed E-state index contributed by atoms with van der Waals surface area (Å²) in [5.41, 5.74) is 5.49. The Labute approximate surface area is 147 Å². The number of nitrogens with zero attached hydrogens (tertiary/aromatic N) is 1. The Balaban J connectivity index is 0.00000264. The van der Waals surface area contributed by atoms with E-state index in [1.165, 1.54) is 25.7 Å². The minimum Gasteiger partial charge on any atom is -0.378 e. The Morgan fingerprint density at radius 3 is 2.43 bits per heavy atom. The van der Waals surface area contributed by atoms with Crippen LogP contribution in [0.3, 0.4) is 0 Å². The number of carbonyl (C=O) groups excluding carboxylic acids is 1. The maximum atomic E-state index is 12.8. The van der Waals surface area contributed by atoms with Crippen LogP contribution in [0.4, 0.5) is 0 Å². The topological polar surface area (TPSA) is 55.6 Å². The summed E-state index contributed by atoms with van der Waals surface area (Å²) in [4.78, 5) is 14.8. The normalized spacial score (nSPS) is 21.2. The zero-order chi connectivity index (χ0) is 15.8. The molecule has 1 amide bonds. The molecule has 1 atom stereocenters. The first-order chi connectivity index (χ1) is 10.7. The van der Waals surface area contributed by atoms with Crippen molar-refractivity contribution in [1.82, 2.24) is 4.90 Å². The second-order valence-electron chi connectivity index (χ2n) is 7.03. The smallest absolute Gasteiger partial charge is 0.225 e. The lowest BCUT2D eigenvalue weighted by atomic mass is 9.90. The van der Waals surface area contributed by atoms with Gasteiger partial charge in [-0.2, -0.15) is 0 Å². The lowest BCUT2D eigenvalue weighted by molar-refractivity contribution is -0.139. The summed E-state index contributed by atoms with van der Waals surface area (Å²) in [6.45, 7) is 5.35. The Kier molecular flexibility index (Phi) is 10.2. The number of carbonyl (C=O) groups is 1. The Bertz CT molecular complexity index is 327. The highest BCUT2D eigenvalue weighted by Crippen LogP contribution is 2.32. The molecule has 136 valence electrons. The van der Waals surface area contributed by atoms with E-state index in [2.05, 4.69) is 11.8 Å². The molecule has 0 spiro atoms. The van der Waals surface area contributed by atoms with Crippen molar-refractivity contribution in [3.8, 4) is 0 Å². The van der Waals surface area contributed by atoms with Crippen molar-refractivity contribution in [2.45, 2.75) is 70.8 Å². The lowest BCUT2D eigenvalue weighted by Gasteiger charge is -2.34. The van der Waals surface area contributed by atoms with E-state index in [0.29, 0.717) is 18.6 Å². The summed E-state index contributed by atoms with van der Waals surface area (Å²) in [7, 11) is 0. The maximum absolute atomic E-state index is 12.8. The van der Waals surface area contributed by atoms with Gasteiger partial charge < -0.3 is 15.4 Å². The van der Waals surface area contributed by atoms with E-state index in [9.17, 15) is 4.79 Å². The predicted octanol–water partition coefficient (Wildman–Crippen LogP) is 3.37. The largest absolute Gasteiger partial charge is 0.378 e. The summed E-state index contributed by atoms with van der Waals surface area (Å²) in [6.07, 6.45) is 10.7. The molecular formula is C18H35ClN2O2. The highest BCUT2D eigenvalue weighted by atomic mass is 35.5. The van der Waals surface area contributed by atoms with Gasteiger partial charge in [-0.1, -0.05) is 32.6 Å². The van der Waals surface area contributed by atoms with Gasteiger partial charge in [-0.25, -0.2) is 0 Å². The molecule has 0 bridgehead atoms. The van der Waals surface area contributed by atoms with Crippen LogP contribution in [-0.4, -0.2) is 43.2 Å². The number of hydrogen-bond acceptors (Lipinski definition) is 3. The number of amides is 1. The van der Waals surface area contributed by atoms with Crippen LogP contribution in [0.1, 0.15) is 64.7 Å². The molecule has 2 fully saturated rings. The van der Waals surface area contributed by atoms with Gasteiger partial charge in [0, 0.05) is 25.6 Å². The molecule has 0 aromatic carbocycles. The van der Waals surface area contributed by atoms with Crippen molar-refractivity contribution < 1.29 is 9.53 Å². The van der Waals surface area contributed by atoms with Crippen molar-refractivity contribution in [3.05, 3.63) is 0 Å². The van der Waals surface area contributed by atoms with Crippen LogP contribution in [0, 0.1) is 11.8 Å². The first-order valence-electron chi connectivity index (χ1n) is 9.35. The third kappa shape index (κ3) is 6.60. The molecule has 2 N–H and O–H groups in total. The number of likely N-dealkylation sites (tertiary alicyclic amines) is 1. The van der Waals surface area contributed by atoms with Gasteiger partial charge in [0.25, 0.3) is 0 Å². The number of piperidine rings is 1. The molecule has 1 saturated heterocycles. The molecule has 1 unspecified atom stereocenters. The van der Waals surface area contributed by atoms with Crippen molar-refractivity contribution in [1.29, 1.82) is 0 Å². The van der Waals surface area contributed by atoms with Gasteiger partial charge in [0.2, 0.25) is 5.91 Å². The van der Waals surface area contributed by atoms with Crippen molar-refractivity contribution in [3.63, 3.8) is 0 Å². The number of halogens is 1. The molecule has 2 rings (SSSR count). The highest BCUT2D eigenvalue weighted by Gasteiger charge is 2.29. The minimum atomic E-state index is 0.